The molecule has 0 bridgehead atoms. The number of halogens is 1. The topological polar surface area (TPSA) is 259 Å². The number of aliphatic hydroxyl groups is 1. The summed E-state index contributed by atoms with van der Waals surface area (Å²) in [5, 5.41) is 50.3. The van der Waals surface area contributed by atoms with Crippen LogP contribution in [0.15, 0.2) is 47.0 Å². The standard InChI is InChI=1S/C23H26FN3O3S.2C4H4O4.H2O/c1-13-20(21-19(31-13)3-2-8-25-23(21)29)17(28)12-27-9-6-14(7-10-27)22-16-5-4-15(24)11-18(16)30-26-22;2*5-3(6)1-2-4(7)8;/h4-5,11,14,17,28H,2-3,6-10,12H2,1H3,(H,25,29);2*1-2H,(H,5,6)(H,7,8);1H2. The maximum atomic E-state index is 13.4. The molecular weight excluding hydrogens is 657 g/mol. The number of fused-ring (bicyclic) bond motifs is 2. The van der Waals surface area contributed by atoms with E-state index in [0.29, 0.717) is 48.5 Å². The van der Waals surface area contributed by atoms with E-state index in [0.717, 1.165) is 65.2 Å². The molecule has 15 nitrogen and oxygen atoms in total. The van der Waals surface area contributed by atoms with Crippen LogP contribution < -0.4 is 5.32 Å². The van der Waals surface area contributed by atoms with Crippen molar-refractivity contribution < 1.29 is 63.9 Å². The van der Waals surface area contributed by atoms with Crippen LogP contribution in [0.4, 0.5) is 4.39 Å². The van der Waals surface area contributed by atoms with Gasteiger partial charge in [0.25, 0.3) is 5.91 Å². The summed E-state index contributed by atoms with van der Waals surface area (Å²) >= 11 is 1.64. The van der Waals surface area contributed by atoms with Crippen molar-refractivity contribution in [2.24, 2.45) is 0 Å². The molecular formula is C31H36FN3O12S. The Morgan fingerprint density at radius 2 is 1.60 bits per heavy atom. The summed E-state index contributed by atoms with van der Waals surface area (Å²) in [6, 6.07) is 4.55. The van der Waals surface area contributed by atoms with Gasteiger partial charge in [-0.1, -0.05) is 5.16 Å². The van der Waals surface area contributed by atoms with Gasteiger partial charge in [-0.2, -0.15) is 0 Å². The van der Waals surface area contributed by atoms with Crippen LogP contribution in [0.3, 0.4) is 0 Å². The number of nitrogens with one attached hydrogen (secondary N) is 1. The zero-order valence-corrected chi connectivity index (χ0v) is 26.5. The summed E-state index contributed by atoms with van der Waals surface area (Å²) in [4.78, 5) is 55.2. The van der Waals surface area contributed by atoms with Crippen molar-refractivity contribution in [2.45, 2.75) is 44.6 Å². The van der Waals surface area contributed by atoms with Gasteiger partial charge in [0.1, 0.15) is 5.82 Å². The Kier molecular flexibility index (Phi) is 15.0. The molecule has 1 fully saturated rings. The number of carbonyl (C=O) groups is 5. The van der Waals surface area contributed by atoms with Crippen molar-refractivity contribution in [3.63, 3.8) is 0 Å². The van der Waals surface area contributed by atoms with E-state index in [2.05, 4.69) is 15.4 Å². The predicted molar refractivity (Wildman–Crippen MR) is 169 cm³/mol. The SMILES string of the molecule is Cc1sc2c(c1C(O)CN1CCC(c3noc4cc(F)ccc34)CC1)C(=O)NCCC2.O.O=C(O)C=CC(=O)O.O=C(O)C=CC(=O)O. The highest BCUT2D eigenvalue weighted by molar-refractivity contribution is 7.12. The lowest BCUT2D eigenvalue weighted by molar-refractivity contribution is -0.134. The minimum atomic E-state index is -1.26. The number of carboxylic acid groups (broad SMARTS) is 4. The van der Waals surface area contributed by atoms with Crippen LogP contribution in [0.1, 0.15) is 62.7 Å². The van der Waals surface area contributed by atoms with Crippen molar-refractivity contribution in [3.05, 3.63) is 74.9 Å². The summed E-state index contributed by atoms with van der Waals surface area (Å²) in [5.41, 5.74) is 2.88. The number of hydrogen-bond donors (Lipinski definition) is 6. The van der Waals surface area contributed by atoms with Crippen molar-refractivity contribution in [2.75, 3.05) is 26.2 Å². The number of benzene rings is 1. The van der Waals surface area contributed by atoms with Crippen LogP contribution in [0.2, 0.25) is 0 Å². The smallest absolute Gasteiger partial charge is 0.328 e. The predicted octanol–water partition coefficient (Wildman–Crippen LogP) is 2.52. The number of aryl methyl sites for hydroxylation is 2. The van der Waals surface area contributed by atoms with Crippen molar-refractivity contribution in [1.82, 2.24) is 15.4 Å². The molecule has 48 heavy (non-hydrogen) atoms. The third-order valence-electron chi connectivity index (χ3n) is 7.23. The minimum absolute atomic E-state index is 0. The number of thiophene rings is 1. The second-order valence-corrected chi connectivity index (χ2v) is 11.9. The highest BCUT2D eigenvalue weighted by Crippen LogP contribution is 2.37. The van der Waals surface area contributed by atoms with E-state index < -0.39 is 30.0 Å². The summed E-state index contributed by atoms with van der Waals surface area (Å²) in [6.07, 6.45) is 5.16. The third kappa shape index (κ3) is 11.4. The van der Waals surface area contributed by atoms with E-state index in [1.807, 2.05) is 6.92 Å². The number of likely N-dealkylation sites (tertiary alicyclic amines) is 1. The van der Waals surface area contributed by atoms with Gasteiger partial charge >= 0.3 is 23.9 Å². The number of carboxylic acids is 4. The quantitative estimate of drug-likeness (QED) is 0.186. The Morgan fingerprint density at radius 1 is 1.04 bits per heavy atom. The maximum absolute atomic E-state index is 13.4. The third-order valence-corrected chi connectivity index (χ3v) is 8.42. The van der Waals surface area contributed by atoms with Crippen LogP contribution >= 0.6 is 11.3 Å². The average Bonchev–Trinajstić information content (AvgIpc) is 3.52. The monoisotopic (exact) mass is 693 g/mol. The minimum Gasteiger partial charge on any atom is -0.478 e. The first-order chi connectivity index (χ1) is 22.3. The molecule has 5 rings (SSSR count). The lowest BCUT2D eigenvalue weighted by Gasteiger charge is -2.32. The van der Waals surface area contributed by atoms with Crippen molar-refractivity contribution in [1.29, 1.82) is 0 Å². The molecule has 4 heterocycles. The molecule has 1 amide bonds. The largest absolute Gasteiger partial charge is 0.478 e. The van der Waals surface area contributed by atoms with Gasteiger partial charge in [0.2, 0.25) is 0 Å². The summed E-state index contributed by atoms with van der Waals surface area (Å²) in [5.74, 6) is -5.15. The highest BCUT2D eigenvalue weighted by atomic mass is 32.1. The van der Waals surface area contributed by atoms with E-state index >= 15 is 0 Å². The first-order valence-electron chi connectivity index (χ1n) is 14.4. The van der Waals surface area contributed by atoms with E-state index in [4.69, 9.17) is 24.9 Å². The molecule has 1 aromatic carbocycles. The first-order valence-corrected chi connectivity index (χ1v) is 15.2. The van der Waals surface area contributed by atoms with E-state index in [9.17, 15) is 33.5 Å². The summed E-state index contributed by atoms with van der Waals surface area (Å²) in [7, 11) is 0. The molecule has 17 heteroatoms. The van der Waals surface area contributed by atoms with E-state index in [1.165, 1.54) is 12.1 Å². The van der Waals surface area contributed by atoms with Gasteiger partial charge < -0.3 is 45.7 Å². The number of piperidine rings is 1. The normalized spacial score (nSPS) is 15.6. The second kappa shape index (κ2) is 18.4. The number of carbonyl (C=O) groups excluding carboxylic acids is 1. The van der Waals surface area contributed by atoms with Crippen LogP contribution in [0.5, 0.6) is 0 Å². The van der Waals surface area contributed by atoms with Crippen molar-refractivity contribution >= 4 is 52.1 Å². The molecule has 1 unspecified atom stereocenters. The van der Waals surface area contributed by atoms with E-state index in [-0.39, 0.29) is 23.1 Å². The highest BCUT2D eigenvalue weighted by Gasteiger charge is 2.31. The number of β-amino-alcohol motifs (C(OH)–C–C–N with tert-alkyl or cyclic N) is 1. The molecule has 2 aliphatic rings. The van der Waals surface area contributed by atoms with Gasteiger partial charge in [0.05, 0.1) is 17.4 Å². The molecule has 0 spiro atoms. The Bertz CT molecular complexity index is 1610. The fraction of sp³-hybridized carbons (Fsp3) is 0.355. The maximum Gasteiger partial charge on any atom is 0.328 e. The number of amides is 1. The molecule has 2 aliphatic heterocycles. The summed E-state index contributed by atoms with van der Waals surface area (Å²) in [6.45, 7) is 4.85. The van der Waals surface area contributed by atoms with Crippen molar-refractivity contribution in [3.8, 4) is 0 Å². The molecule has 2 aromatic heterocycles. The van der Waals surface area contributed by atoms with Crippen LogP contribution in [0.25, 0.3) is 11.0 Å². The van der Waals surface area contributed by atoms with Gasteiger partial charge in [0.15, 0.2) is 5.58 Å². The molecule has 260 valence electrons. The fourth-order valence-corrected chi connectivity index (χ4v) is 6.49. The Balaban J connectivity index is 0.000000393. The zero-order valence-electron chi connectivity index (χ0n) is 25.7. The van der Waals surface area contributed by atoms with Crippen LogP contribution in [-0.4, -0.2) is 97.0 Å². The van der Waals surface area contributed by atoms with Crippen LogP contribution in [-0.2, 0) is 25.6 Å². The molecule has 3 aromatic rings. The van der Waals surface area contributed by atoms with Gasteiger partial charge in [-0.05, 0) is 57.8 Å². The van der Waals surface area contributed by atoms with Gasteiger partial charge in [-0.25, -0.2) is 23.6 Å². The lowest BCUT2D eigenvalue weighted by Crippen LogP contribution is -2.36. The Hall–Kier alpha value is -4.97. The number of aliphatic carboxylic acids is 4. The average molecular weight is 694 g/mol. The number of aromatic nitrogens is 1. The summed E-state index contributed by atoms with van der Waals surface area (Å²) < 4.78 is 18.7. The van der Waals surface area contributed by atoms with E-state index in [1.54, 1.807) is 17.4 Å². The zero-order chi connectivity index (χ0) is 34.7. The number of nitrogens with zero attached hydrogens (tertiary/aromatic N) is 2. The molecule has 0 saturated carbocycles. The number of hydrogen-bond acceptors (Lipinski definition) is 10. The second-order valence-electron chi connectivity index (χ2n) is 10.5. The lowest BCUT2D eigenvalue weighted by atomic mass is 9.91. The van der Waals surface area contributed by atoms with Gasteiger partial charge in [0, 0.05) is 70.1 Å². The molecule has 1 saturated heterocycles. The Labute approximate surface area is 276 Å². The van der Waals surface area contributed by atoms with Gasteiger partial charge in [-0.15, -0.1) is 11.3 Å². The number of rotatable bonds is 8. The van der Waals surface area contributed by atoms with Gasteiger partial charge in [-0.3, -0.25) is 4.79 Å². The molecule has 0 radical (unpaired) electrons. The molecule has 8 N–H and O–H groups in total. The first kappa shape index (κ1) is 39.2. The Morgan fingerprint density at radius 3 is 2.15 bits per heavy atom. The fourth-order valence-electron chi connectivity index (χ4n) is 5.22. The van der Waals surface area contributed by atoms with Crippen LogP contribution in [0, 0.1) is 12.7 Å². The molecule has 1 atom stereocenters. The number of aliphatic hydroxyl groups excluding tert-OH is 1. The molecule has 0 aliphatic carbocycles.